The Bertz CT molecular complexity index is 1180. The van der Waals surface area contributed by atoms with Crippen LogP contribution in [0.1, 0.15) is 49.4 Å². The van der Waals surface area contributed by atoms with Crippen LogP contribution in [0.3, 0.4) is 0 Å². The van der Waals surface area contributed by atoms with Gasteiger partial charge in [-0.25, -0.2) is 0 Å². The Morgan fingerprint density at radius 1 is 1.08 bits per heavy atom. The van der Waals surface area contributed by atoms with E-state index in [-0.39, 0.29) is 47.9 Å². The van der Waals surface area contributed by atoms with Gasteiger partial charge >= 0.3 is 0 Å². The van der Waals surface area contributed by atoms with E-state index >= 15 is 0 Å². The third-order valence-corrected chi connectivity index (χ3v) is 8.70. The third kappa shape index (κ3) is 5.39. The number of carbonyl (C=O) groups excluding carboxylic acids is 4. The molecule has 194 valence electrons. The molecular weight excluding hydrogens is 486 g/mol. The molecule has 3 atom stereocenters. The van der Waals surface area contributed by atoms with Crippen molar-refractivity contribution in [1.82, 2.24) is 15.1 Å². The maximum atomic E-state index is 13.1. The molecule has 37 heavy (non-hydrogen) atoms. The Morgan fingerprint density at radius 2 is 1.84 bits per heavy atom. The summed E-state index contributed by atoms with van der Waals surface area (Å²) in [5, 5.41) is 4.98. The van der Waals surface area contributed by atoms with E-state index < -0.39 is 6.04 Å². The normalized spacial score (nSPS) is 21.9. The SMILES string of the molecule is CC(CCNC(=O)c1ccc(-c2cccs2)cc1)CC(=O)N1CCC2C1C(=O)CN2C(=O)C1CC=CC1. The van der Waals surface area contributed by atoms with Crippen LogP contribution >= 0.6 is 11.3 Å². The maximum absolute atomic E-state index is 13.1. The first-order valence-corrected chi connectivity index (χ1v) is 14.0. The number of ketones is 1. The smallest absolute Gasteiger partial charge is 0.251 e. The Labute approximate surface area is 221 Å². The highest BCUT2D eigenvalue weighted by molar-refractivity contribution is 7.13. The summed E-state index contributed by atoms with van der Waals surface area (Å²) in [6.07, 6.45) is 7.16. The molecule has 1 aromatic carbocycles. The van der Waals surface area contributed by atoms with Crippen LogP contribution in [-0.2, 0) is 14.4 Å². The summed E-state index contributed by atoms with van der Waals surface area (Å²) in [7, 11) is 0. The van der Waals surface area contributed by atoms with E-state index in [1.165, 1.54) is 4.88 Å². The number of likely N-dealkylation sites (tertiary alicyclic amines) is 2. The van der Waals surface area contributed by atoms with E-state index in [0.29, 0.717) is 37.9 Å². The average molecular weight is 520 g/mol. The highest BCUT2D eigenvalue weighted by atomic mass is 32.1. The monoisotopic (exact) mass is 519 g/mol. The molecule has 1 aliphatic carbocycles. The Balaban J connectivity index is 1.08. The van der Waals surface area contributed by atoms with Crippen LogP contribution in [0.25, 0.3) is 10.4 Å². The van der Waals surface area contributed by atoms with Gasteiger partial charge in [-0.05, 0) is 60.7 Å². The van der Waals surface area contributed by atoms with E-state index in [1.54, 1.807) is 21.1 Å². The highest BCUT2D eigenvalue weighted by Crippen LogP contribution is 2.33. The van der Waals surface area contributed by atoms with Gasteiger partial charge in [-0.3, -0.25) is 19.2 Å². The quantitative estimate of drug-likeness (QED) is 0.536. The van der Waals surface area contributed by atoms with Crippen LogP contribution in [0.4, 0.5) is 0 Å². The molecular formula is C29H33N3O4S. The van der Waals surface area contributed by atoms with Crippen LogP contribution in [0.5, 0.6) is 0 Å². The first-order valence-electron chi connectivity index (χ1n) is 13.1. The van der Waals surface area contributed by atoms with E-state index in [2.05, 4.69) is 11.4 Å². The van der Waals surface area contributed by atoms with Gasteiger partial charge in [0.05, 0.1) is 12.6 Å². The molecule has 7 nitrogen and oxygen atoms in total. The van der Waals surface area contributed by atoms with Crippen molar-refractivity contribution in [3.63, 3.8) is 0 Å². The summed E-state index contributed by atoms with van der Waals surface area (Å²) in [5.74, 6) is -0.152. The van der Waals surface area contributed by atoms with Crippen molar-refractivity contribution in [3.05, 3.63) is 59.5 Å². The molecule has 2 saturated heterocycles. The number of nitrogens with zero attached hydrogens (tertiary/aromatic N) is 2. The van der Waals surface area contributed by atoms with Gasteiger partial charge in [0.1, 0.15) is 6.04 Å². The fourth-order valence-electron chi connectivity index (χ4n) is 5.72. The predicted molar refractivity (Wildman–Crippen MR) is 143 cm³/mol. The summed E-state index contributed by atoms with van der Waals surface area (Å²) in [6.45, 7) is 3.09. The molecule has 1 N–H and O–H groups in total. The fourth-order valence-corrected chi connectivity index (χ4v) is 6.46. The number of amides is 3. The molecule has 5 rings (SSSR count). The van der Waals surface area contributed by atoms with Crippen molar-refractivity contribution < 1.29 is 19.2 Å². The second kappa shape index (κ2) is 11.0. The van der Waals surface area contributed by atoms with Crippen molar-refractivity contribution in [2.24, 2.45) is 11.8 Å². The second-order valence-electron chi connectivity index (χ2n) is 10.4. The van der Waals surface area contributed by atoms with E-state index in [4.69, 9.17) is 0 Å². The number of fused-ring (bicyclic) bond motifs is 1. The van der Waals surface area contributed by atoms with Crippen molar-refractivity contribution in [3.8, 4) is 10.4 Å². The molecule has 3 unspecified atom stereocenters. The molecule has 3 amide bonds. The molecule has 0 bridgehead atoms. The Hall–Kier alpha value is -3.26. The average Bonchev–Trinajstić information content (AvgIpc) is 3.70. The topological polar surface area (TPSA) is 86.8 Å². The van der Waals surface area contributed by atoms with Crippen molar-refractivity contribution >= 4 is 34.8 Å². The minimum absolute atomic E-state index is 0.0276. The largest absolute Gasteiger partial charge is 0.352 e. The van der Waals surface area contributed by atoms with Gasteiger partial charge in [-0.15, -0.1) is 11.3 Å². The fraction of sp³-hybridized carbons (Fsp3) is 0.448. The minimum atomic E-state index is -0.505. The zero-order chi connectivity index (χ0) is 25.9. The molecule has 3 heterocycles. The number of hydrogen-bond acceptors (Lipinski definition) is 5. The molecule has 2 fully saturated rings. The Morgan fingerprint density at radius 3 is 2.54 bits per heavy atom. The molecule has 2 aliphatic heterocycles. The molecule has 2 aromatic rings. The lowest BCUT2D eigenvalue weighted by atomic mass is 10.0. The summed E-state index contributed by atoms with van der Waals surface area (Å²) >= 11 is 1.66. The molecule has 1 aromatic heterocycles. The number of carbonyl (C=O) groups is 4. The van der Waals surface area contributed by atoms with Crippen molar-refractivity contribution in [1.29, 1.82) is 0 Å². The van der Waals surface area contributed by atoms with E-state index in [0.717, 1.165) is 18.4 Å². The zero-order valence-corrected chi connectivity index (χ0v) is 21.9. The zero-order valence-electron chi connectivity index (χ0n) is 21.1. The van der Waals surface area contributed by atoms with Gasteiger partial charge < -0.3 is 15.1 Å². The van der Waals surface area contributed by atoms with Gasteiger partial charge in [-0.2, -0.15) is 0 Å². The summed E-state index contributed by atoms with van der Waals surface area (Å²) in [4.78, 5) is 56.0. The predicted octanol–water partition coefficient (Wildman–Crippen LogP) is 3.91. The lowest BCUT2D eigenvalue weighted by Crippen LogP contribution is -2.44. The molecule has 8 heteroatoms. The van der Waals surface area contributed by atoms with Gasteiger partial charge in [-0.1, -0.05) is 37.3 Å². The Kier molecular flexibility index (Phi) is 7.55. The number of rotatable bonds is 8. The van der Waals surface area contributed by atoms with Gasteiger partial charge in [0, 0.05) is 35.9 Å². The number of allylic oxidation sites excluding steroid dienone is 2. The molecule has 0 saturated carbocycles. The van der Waals surface area contributed by atoms with Crippen LogP contribution in [0.2, 0.25) is 0 Å². The minimum Gasteiger partial charge on any atom is -0.352 e. The van der Waals surface area contributed by atoms with E-state index in [1.807, 2.05) is 54.8 Å². The lowest BCUT2D eigenvalue weighted by molar-refractivity contribution is -0.137. The van der Waals surface area contributed by atoms with Gasteiger partial charge in [0.2, 0.25) is 11.8 Å². The molecule has 0 spiro atoms. The standard InChI is InChI=1S/C29H33N3O4S/c1-19(12-14-30-28(35)21-10-8-20(9-11-21)25-7-4-16-37-25)17-26(34)31-15-13-23-27(31)24(33)18-32(23)29(36)22-5-2-3-6-22/h2-4,7-11,16,19,22-23,27H,5-6,12-15,17-18H2,1H3,(H,30,35). The number of benzene rings is 1. The number of Topliss-reactive ketones (excluding diaryl/α,β-unsaturated/α-hetero) is 1. The van der Waals surface area contributed by atoms with Gasteiger partial charge in [0.15, 0.2) is 5.78 Å². The van der Waals surface area contributed by atoms with Crippen LogP contribution in [-0.4, -0.2) is 65.0 Å². The number of thiophene rings is 1. The first kappa shape index (κ1) is 25.4. The summed E-state index contributed by atoms with van der Waals surface area (Å²) in [5.41, 5.74) is 1.70. The van der Waals surface area contributed by atoms with Crippen molar-refractivity contribution in [2.75, 3.05) is 19.6 Å². The maximum Gasteiger partial charge on any atom is 0.251 e. The second-order valence-corrected chi connectivity index (χ2v) is 11.3. The summed E-state index contributed by atoms with van der Waals surface area (Å²) < 4.78 is 0. The lowest BCUT2D eigenvalue weighted by Gasteiger charge is -2.26. The van der Waals surface area contributed by atoms with Gasteiger partial charge in [0.25, 0.3) is 5.91 Å². The van der Waals surface area contributed by atoms with Crippen LogP contribution in [0, 0.1) is 11.8 Å². The summed E-state index contributed by atoms with van der Waals surface area (Å²) in [6, 6.07) is 10.9. The van der Waals surface area contributed by atoms with Crippen LogP contribution in [0.15, 0.2) is 53.9 Å². The first-order chi connectivity index (χ1) is 17.9. The molecule has 0 radical (unpaired) electrons. The number of nitrogens with one attached hydrogen (secondary N) is 1. The van der Waals surface area contributed by atoms with E-state index in [9.17, 15) is 19.2 Å². The third-order valence-electron chi connectivity index (χ3n) is 7.78. The molecule has 3 aliphatic rings. The number of hydrogen-bond donors (Lipinski definition) is 1. The van der Waals surface area contributed by atoms with Crippen LogP contribution < -0.4 is 5.32 Å². The highest BCUT2D eigenvalue weighted by Gasteiger charge is 2.51. The van der Waals surface area contributed by atoms with Crippen molar-refractivity contribution in [2.45, 2.75) is 51.1 Å².